The average molecular weight is 513 g/mol. The molecule has 2 aromatic carbocycles. The monoisotopic (exact) mass is 513 g/mol. The van der Waals surface area contributed by atoms with E-state index in [2.05, 4.69) is 9.47 Å². The second-order valence-corrected chi connectivity index (χ2v) is 6.17. The molecule has 0 atom stereocenters. The summed E-state index contributed by atoms with van der Waals surface area (Å²) in [6.45, 7) is 0. The maximum absolute atomic E-state index is 11.1. The third-order valence-corrected chi connectivity index (χ3v) is 4.21. The van der Waals surface area contributed by atoms with Crippen molar-refractivity contribution in [3.05, 3.63) is 76.9 Å². The number of nitro benzene ring substituents is 2. The minimum absolute atomic E-state index is 0.0446. The van der Waals surface area contributed by atoms with Crippen LogP contribution in [0.3, 0.4) is 0 Å². The van der Waals surface area contributed by atoms with Gasteiger partial charge in [0.1, 0.15) is 11.6 Å². The number of hydrogen-bond acceptors (Lipinski definition) is 9. The van der Waals surface area contributed by atoms with Crippen LogP contribution in [0.15, 0.2) is 36.4 Å². The van der Waals surface area contributed by atoms with E-state index in [0.717, 1.165) is 6.07 Å². The lowest BCUT2D eigenvalue weighted by atomic mass is 10.1. The number of benzene rings is 2. The number of rotatable bonds is 4. The van der Waals surface area contributed by atoms with Crippen molar-refractivity contribution in [2.45, 2.75) is 0 Å². The molecule has 0 aliphatic heterocycles. The molecule has 0 bridgehead atoms. The number of nitro groups is 2. The molecule has 0 saturated carbocycles. The SMILES string of the molecule is COC(=O)c1ccc(C#N)c([N+](=O)[O-])c1.COC(=O)c1ccc(I)c([N+](=O)[O-])c1. The average Bonchev–Trinajstić information content (AvgIpc) is 2.72. The van der Waals surface area contributed by atoms with E-state index < -0.39 is 27.5 Å². The van der Waals surface area contributed by atoms with Gasteiger partial charge in [0.2, 0.25) is 0 Å². The second-order valence-electron chi connectivity index (χ2n) is 5.01. The number of methoxy groups -OCH3 is 2. The first kappa shape index (κ1) is 23.4. The lowest BCUT2D eigenvalue weighted by molar-refractivity contribution is -0.385. The molecule has 0 amide bonds. The van der Waals surface area contributed by atoms with Crippen LogP contribution >= 0.6 is 22.6 Å². The van der Waals surface area contributed by atoms with Crippen LogP contribution < -0.4 is 0 Å². The molecule has 0 heterocycles. The van der Waals surface area contributed by atoms with Crippen molar-refractivity contribution >= 4 is 45.9 Å². The summed E-state index contributed by atoms with van der Waals surface area (Å²) in [5.41, 5.74) is -0.357. The lowest BCUT2D eigenvalue weighted by Crippen LogP contribution is -2.03. The summed E-state index contributed by atoms with van der Waals surface area (Å²) in [5.74, 6) is -1.26. The molecule has 0 radical (unpaired) electrons. The highest BCUT2D eigenvalue weighted by Crippen LogP contribution is 2.22. The zero-order valence-corrected chi connectivity index (χ0v) is 17.1. The van der Waals surface area contributed by atoms with Crippen molar-refractivity contribution in [2.24, 2.45) is 0 Å². The van der Waals surface area contributed by atoms with Gasteiger partial charge in [-0.05, 0) is 46.9 Å². The molecule has 0 aromatic heterocycles. The highest BCUT2D eigenvalue weighted by molar-refractivity contribution is 14.1. The Kier molecular flexibility index (Phi) is 8.62. The summed E-state index contributed by atoms with van der Waals surface area (Å²) in [7, 11) is 2.40. The molecule has 2 aromatic rings. The second kappa shape index (κ2) is 10.7. The zero-order valence-electron chi connectivity index (χ0n) is 14.9. The third kappa shape index (κ3) is 6.21. The van der Waals surface area contributed by atoms with E-state index in [1.54, 1.807) is 6.07 Å². The van der Waals surface area contributed by atoms with Gasteiger partial charge in [-0.25, -0.2) is 9.59 Å². The van der Waals surface area contributed by atoms with E-state index in [-0.39, 0.29) is 22.4 Å². The van der Waals surface area contributed by atoms with Gasteiger partial charge in [0.25, 0.3) is 11.4 Å². The van der Waals surface area contributed by atoms with Crippen LogP contribution in [-0.4, -0.2) is 36.0 Å². The van der Waals surface area contributed by atoms with Crippen LogP contribution in [0, 0.1) is 35.1 Å². The van der Waals surface area contributed by atoms with Gasteiger partial charge in [0, 0.05) is 12.1 Å². The minimum Gasteiger partial charge on any atom is -0.465 e. The topological polar surface area (TPSA) is 163 Å². The van der Waals surface area contributed by atoms with Crippen molar-refractivity contribution < 1.29 is 28.9 Å². The predicted molar refractivity (Wildman–Crippen MR) is 106 cm³/mol. The molecule has 0 fully saturated rings. The maximum Gasteiger partial charge on any atom is 0.338 e. The summed E-state index contributed by atoms with van der Waals surface area (Å²) in [5, 5.41) is 29.7. The molecule has 0 unspecified atom stereocenters. The minimum atomic E-state index is -0.717. The predicted octanol–water partition coefficient (Wildman–Crippen LogP) is 3.24. The van der Waals surface area contributed by atoms with Crippen molar-refractivity contribution in [1.82, 2.24) is 0 Å². The van der Waals surface area contributed by atoms with Gasteiger partial charge in [-0.1, -0.05) is 0 Å². The quantitative estimate of drug-likeness (QED) is 0.259. The molecular weight excluding hydrogens is 501 g/mol. The van der Waals surface area contributed by atoms with Crippen molar-refractivity contribution in [3.63, 3.8) is 0 Å². The lowest BCUT2D eigenvalue weighted by Gasteiger charge is -1.99. The van der Waals surface area contributed by atoms with E-state index in [4.69, 9.17) is 5.26 Å². The Morgan fingerprint density at radius 1 is 0.931 bits per heavy atom. The molecule has 0 aliphatic carbocycles. The fourth-order valence-corrected chi connectivity index (χ4v) is 2.45. The Morgan fingerprint density at radius 2 is 1.38 bits per heavy atom. The molecule has 11 nitrogen and oxygen atoms in total. The molecule has 150 valence electrons. The zero-order chi connectivity index (χ0) is 22.1. The fraction of sp³-hybridized carbons (Fsp3) is 0.118. The van der Waals surface area contributed by atoms with Gasteiger partial charge in [0.05, 0.1) is 38.8 Å². The summed E-state index contributed by atoms with van der Waals surface area (Å²) in [6, 6.07) is 9.39. The van der Waals surface area contributed by atoms with Crippen molar-refractivity contribution in [2.75, 3.05) is 14.2 Å². The number of hydrogen-bond donors (Lipinski definition) is 0. The number of carbonyl (C=O) groups excluding carboxylic acids is 2. The van der Waals surface area contributed by atoms with Crippen LogP contribution in [0.5, 0.6) is 0 Å². The number of nitriles is 1. The highest BCUT2D eigenvalue weighted by Gasteiger charge is 2.17. The van der Waals surface area contributed by atoms with Gasteiger partial charge in [0.15, 0.2) is 0 Å². The largest absolute Gasteiger partial charge is 0.465 e. The van der Waals surface area contributed by atoms with Gasteiger partial charge < -0.3 is 9.47 Å². The summed E-state index contributed by atoms with van der Waals surface area (Å²) in [6.07, 6.45) is 0. The van der Waals surface area contributed by atoms with Gasteiger partial charge in [-0.15, -0.1) is 0 Å². The molecule has 0 saturated heterocycles. The van der Waals surface area contributed by atoms with Gasteiger partial charge >= 0.3 is 11.9 Å². The Hall–Kier alpha value is -3.60. The van der Waals surface area contributed by atoms with Crippen LogP contribution in [0.25, 0.3) is 0 Å². The first-order valence-electron chi connectivity index (χ1n) is 7.45. The number of ether oxygens (including phenoxy) is 2. The van der Waals surface area contributed by atoms with Gasteiger partial charge in [-0.3, -0.25) is 20.2 Å². The standard InChI is InChI=1S/C9H6N2O4.C8H6INO4/c1-15-9(12)6-2-3-7(5-10)8(4-6)11(13)14;1-14-8(11)5-2-3-6(9)7(4-5)10(12)13/h2-4H,1H3;2-4H,1H3. The van der Waals surface area contributed by atoms with Crippen molar-refractivity contribution in [1.29, 1.82) is 5.26 Å². The summed E-state index contributed by atoms with van der Waals surface area (Å²) >= 11 is 1.83. The number of carbonyl (C=O) groups is 2. The van der Waals surface area contributed by atoms with Gasteiger partial charge in [-0.2, -0.15) is 5.26 Å². The Labute approximate surface area is 177 Å². The molecule has 2 rings (SSSR count). The van der Waals surface area contributed by atoms with E-state index in [1.165, 1.54) is 44.6 Å². The highest BCUT2D eigenvalue weighted by atomic mass is 127. The normalized spacial score (nSPS) is 9.31. The number of esters is 2. The van der Waals surface area contributed by atoms with E-state index in [0.29, 0.717) is 3.57 Å². The Morgan fingerprint density at radius 3 is 1.79 bits per heavy atom. The molecule has 0 spiro atoms. The summed E-state index contributed by atoms with van der Waals surface area (Å²) < 4.78 is 9.33. The maximum atomic E-state index is 11.1. The first-order valence-corrected chi connectivity index (χ1v) is 8.53. The Bertz CT molecular complexity index is 1020. The Balaban J connectivity index is 0.000000291. The molecular formula is C17H12IN3O8. The summed E-state index contributed by atoms with van der Waals surface area (Å²) in [4.78, 5) is 41.9. The van der Waals surface area contributed by atoms with Crippen LogP contribution in [0.1, 0.15) is 26.3 Å². The molecule has 12 heteroatoms. The number of nitrogens with zero attached hydrogens (tertiary/aromatic N) is 3. The van der Waals surface area contributed by atoms with Crippen LogP contribution in [-0.2, 0) is 9.47 Å². The van der Waals surface area contributed by atoms with Crippen molar-refractivity contribution in [3.8, 4) is 6.07 Å². The number of halogens is 1. The molecule has 0 aliphatic rings. The van der Waals surface area contributed by atoms with Crippen LogP contribution in [0.4, 0.5) is 11.4 Å². The molecule has 0 N–H and O–H groups in total. The first-order chi connectivity index (χ1) is 13.7. The third-order valence-electron chi connectivity index (χ3n) is 3.30. The van der Waals surface area contributed by atoms with E-state index >= 15 is 0 Å². The van der Waals surface area contributed by atoms with E-state index in [1.807, 2.05) is 22.6 Å². The van der Waals surface area contributed by atoms with E-state index in [9.17, 15) is 29.8 Å². The smallest absolute Gasteiger partial charge is 0.338 e. The fourth-order valence-electron chi connectivity index (χ4n) is 1.92. The van der Waals surface area contributed by atoms with Crippen LogP contribution in [0.2, 0.25) is 0 Å². The molecule has 29 heavy (non-hydrogen) atoms.